The van der Waals surface area contributed by atoms with Gasteiger partial charge in [-0.1, -0.05) is 24.2 Å². The Morgan fingerprint density at radius 2 is 2.14 bits per heavy atom. The molecule has 2 aromatic rings. The van der Waals surface area contributed by atoms with Crippen molar-refractivity contribution >= 4 is 17.6 Å². The van der Waals surface area contributed by atoms with E-state index in [9.17, 15) is 9.59 Å². The van der Waals surface area contributed by atoms with Crippen LogP contribution in [0.2, 0.25) is 0 Å². The van der Waals surface area contributed by atoms with E-state index in [1.807, 2.05) is 0 Å². The third-order valence-electron chi connectivity index (χ3n) is 2.96. The van der Waals surface area contributed by atoms with E-state index in [0.717, 1.165) is 0 Å². The Morgan fingerprint density at radius 1 is 1.41 bits per heavy atom. The van der Waals surface area contributed by atoms with Gasteiger partial charge >= 0.3 is 0 Å². The van der Waals surface area contributed by atoms with Crippen molar-refractivity contribution in [3.05, 3.63) is 41.7 Å². The van der Waals surface area contributed by atoms with Gasteiger partial charge in [0.1, 0.15) is 11.5 Å². The zero-order valence-corrected chi connectivity index (χ0v) is 12.3. The molecule has 0 fully saturated rings. The van der Waals surface area contributed by atoms with Crippen molar-refractivity contribution < 1.29 is 18.8 Å². The van der Waals surface area contributed by atoms with Gasteiger partial charge in [-0.15, -0.1) is 0 Å². The number of benzene rings is 1. The summed E-state index contributed by atoms with van der Waals surface area (Å²) in [6.45, 7) is 3.52. The van der Waals surface area contributed by atoms with Gasteiger partial charge in [0.15, 0.2) is 11.9 Å². The number of nitrogens with one attached hydrogen (secondary N) is 1. The fourth-order valence-corrected chi connectivity index (χ4v) is 1.88. The first-order valence-electron chi connectivity index (χ1n) is 6.81. The quantitative estimate of drug-likeness (QED) is 0.847. The lowest BCUT2D eigenvalue weighted by atomic mass is 10.2. The molecule has 0 aliphatic carbocycles. The number of hydrogen-bond donors (Lipinski definition) is 2. The van der Waals surface area contributed by atoms with E-state index in [1.54, 1.807) is 44.2 Å². The predicted molar refractivity (Wildman–Crippen MR) is 79.5 cm³/mol. The Labute approximate surface area is 127 Å². The summed E-state index contributed by atoms with van der Waals surface area (Å²) in [5.41, 5.74) is 5.52. The number of amides is 2. The molecule has 0 unspecified atom stereocenters. The summed E-state index contributed by atoms with van der Waals surface area (Å²) in [5.74, 6) is 0.178. The van der Waals surface area contributed by atoms with Crippen molar-refractivity contribution in [2.75, 3.05) is 5.32 Å². The summed E-state index contributed by atoms with van der Waals surface area (Å²) >= 11 is 0. The molecule has 7 heteroatoms. The maximum absolute atomic E-state index is 12.2. The first-order chi connectivity index (χ1) is 10.5. The van der Waals surface area contributed by atoms with Gasteiger partial charge in [-0.25, -0.2) is 0 Å². The predicted octanol–water partition coefficient (Wildman–Crippen LogP) is 1.88. The Kier molecular flexibility index (Phi) is 4.77. The zero-order valence-electron chi connectivity index (χ0n) is 12.3. The molecule has 1 heterocycles. The SMILES string of the molecule is CC[C@H](Oc1ccccc1C(N)=O)C(=O)Nc1cc(C)on1. The smallest absolute Gasteiger partial charge is 0.266 e. The number of rotatable bonds is 6. The van der Waals surface area contributed by atoms with Gasteiger partial charge in [-0.3, -0.25) is 9.59 Å². The summed E-state index contributed by atoms with van der Waals surface area (Å²) in [5, 5.41) is 6.29. The van der Waals surface area contributed by atoms with Crippen LogP contribution in [-0.2, 0) is 4.79 Å². The van der Waals surface area contributed by atoms with E-state index < -0.39 is 12.0 Å². The van der Waals surface area contributed by atoms with Crippen molar-refractivity contribution in [1.82, 2.24) is 5.16 Å². The summed E-state index contributed by atoms with van der Waals surface area (Å²) in [6, 6.07) is 8.11. The number of aromatic nitrogens is 1. The minimum atomic E-state index is -0.780. The number of nitrogens with two attached hydrogens (primary N) is 1. The molecule has 1 aromatic heterocycles. The molecule has 0 spiro atoms. The van der Waals surface area contributed by atoms with Crippen LogP contribution in [0.15, 0.2) is 34.9 Å². The molecule has 0 bridgehead atoms. The average molecular weight is 303 g/mol. The third kappa shape index (κ3) is 3.63. The molecule has 1 aromatic carbocycles. The van der Waals surface area contributed by atoms with E-state index in [-0.39, 0.29) is 17.2 Å². The van der Waals surface area contributed by atoms with Crippen LogP contribution < -0.4 is 15.8 Å². The number of aryl methyl sites for hydroxylation is 1. The molecular weight excluding hydrogens is 286 g/mol. The average Bonchev–Trinajstić information content (AvgIpc) is 2.90. The van der Waals surface area contributed by atoms with Gasteiger partial charge in [0, 0.05) is 6.07 Å². The molecule has 1 atom stereocenters. The maximum Gasteiger partial charge on any atom is 0.266 e. The molecule has 0 aliphatic heterocycles. The monoisotopic (exact) mass is 303 g/mol. The van der Waals surface area contributed by atoms with Crippen LogP contribution in [0.3, 0.4) is 0 Å². The lowest BCUT2D eigenvalue weighted by Crippen LogP contribution is -2.33. The van der Waals surface area contributed by atoms with Gasteiger partial charge in [0.25, 0.3) is 11.8 Å². The first kappa shape index (κ1) is 15.6. The van der Waals surface area contributed by atoms with E-state index in [1.165, 1.54) is 0 Å². The Bertz CT molecular complexity index is 681. The largest absolute Gasteiger partial charge is 0.480 e. The molecule has 7 nitrogen and oxygen atoms in total. The lowest BCUT2D eigenvalue weighted by Gasteiger charge is -2.17. The van der Waals surface area contributed by atoms with Crippen molar-refractivity contribution in [3.8, 4) is 5.75 Å². The first-order valence-corrected chi connectivity index (χ1v) is 6.81. The van der Waals surface area contributed by atoms with E-state index in [4.69, 9.17) is 15.0 Å². The highest BCUT2D eigenvalue weighted by molar-refractivity contribution is 5.96. The van der Waals surface area contributed by atoms with Crippen LogP contribution in [0, 0.1) is 6.92 Å². The number of nitrogens with zero attached hydrogens (tertiary/aromatic N) is 1. The Morgan fingerprint density at radius 3 is 2.73 bits per heavy atom. The second kappa shape index (κ2) is 6.75. The van der Waals surface area contributed by atoms with Gasteiger partial charge < -0.3 is 20.3 Å². The second-order valence-corrected chi connectivity index (χ2v) is 4.69. The molecule has 22 heavy (non-hydrogen) atoms. The van der Waals surface area contributed by atoms with E-state index >= 15 is 0 Å². The van der Waals surface area contributed by atoms with Crippen molar-refractivity contribution in [1.29, 1.82) is 0 Å². The molecule has 0 radical (unpaired) electrons. The molecule has 116 valence electrons. The number of primary amides is 1. The number of hydrogen-bond acceptors (Lipinski definition) is 5. The topological polar surface area (TPSA) is 107 Å². The normalized spacial score (nSPS) is 11.7. The van der Waals surface area contributed by atoms with Crippen LogP contribution in [0.5, 0.6) is 5.75 Å². The number of para-hydroxylation sites is 1. The highest BCUT2D eigenvalue weighted by Crippen LogP contribution is 2.20. The van der Waals surface area contributed by atoms with Crippen molar-refractivity contribution in [3.63, 3.8) is 0 Å². The van der Waals surface area contributed by atoms with E-state index in [0.29, 0.717) is 18.0 Å². The molecule has 3 N–H and O–H groups in total. The highest BCUT2D eigenvalue weighted by atomic mass is 16.5. The zero-order chi connectivity index (χ0) is 16.1. The minimum Gasteiger partial charge on any atom is -0.480 e. The number of anilines is 1. The van der Waals surface area contributed by atoms with Crippen LogP contribution >= 0.6 is 0 Å². The fraction of sp³-hybridized carbons (Fsp3) is 0.267. The van der Waals surface area contributed by atoms with Gasteiger partial charge in [0.05, 0.1) is 5.56 Å². The minimum absolute atomic E-state index is 0.228. The number of ether oxygens (including phenoxy) is 1. The highest BCUT2D eigenvalue weighted by Gasteiger charge is 2.21. The molecule has 0 aliphatic rings. The summed E-state index contributed by atoms with van der Waals surface area (Å²) < 4.78 is 10.5. The van der Waals surface area contributed by atoms with Crippen molar-refractivity contribution in [2.45, 2.75) is 26.4 Å². The van der Waals surface area contributed by atoms with Crippen LogP contribution in [-0.4, -0.2) is 23.1 Å². The number of carbonyl (C=O) groups excluding carboxylic acids is 2. The Hall–Kier alpha value is -2.83. The third-order valence-corrected chi connectivity index (χ3v) is 2.96. The molecule has 0 saturated carbocycles. The van der Waals surface area contributed by atoms with Crippen LogP contribution in [0.25, 0.3) is 0 Å². The van der Waals surface area contributed by atoms with Crippen molar-refractivity contribution in [2.24, 2.45) is 5.73 Å². The molecule has 0 saturated heterocycles. The molecule has 2 rings (SSSR count). The fourth-order valence-electron chi connectivity index (χ4n) is 1.88. The maximum atomic E-state index is 12.2. The summed E-state index contributed by atoms with van der Waals surface area (Å²) in [4.78, 5) is 23.6. The van der Waals surface area contributed by atoms with Crippen LogP contribution in [0.1, 0.15) is 29.5 Å². The number of carbonyl (C=O) groups is 2. The second-order valence-electron chi connectivity index (χ2n) is 4.69. The summed E-state index contributed by atoms with van der Waals surface area (Å²) in [7, 11) is 0. The van der Waals surface area contributed by atoms with Crippen LogP contribution in [0.4, 0.5) is 5.82 Å². The Balaban J connectivity index is 2.12. The molecular formula is C15H17N3O4. The molecule has 2 amide bonds. The van der Waals surface area contributed by atoms with Gasteiger partial charge in [-0.2, -0.15) is 0 Å². The standard InChI is InChI=1S/C15H17N3O4/c1-3-11(15(20)17-13-8-9(2)22-18-13)21-12-7-5-4-6-10(12)14(16)19/h4-8,11H,3H2,1-2H3,(H2,16,19)(H,17,18,20)/t11-/m0/s1. The van der Waals surface area contributed by atoms with Gasteiger partial charge in [0.2, 0.25) is 0 Å². The summed E-state index contributed by atoms with van der Waals surface area (Å²) in [6.07, 6.45) is -0.368. The van der Waals surface area contributed by atoms with Gasteiger partial charge in [-0.05, 0) is 25.5 Å². The van der Waals surface area contributed by atoms with E-state index in [2.05, 4.69) is 10.5 Å². The lowest BCUT2D eigenvalue weighted by molar-refractivity contribution is -0.122.